The molecule has 0 aliphatic carbocycles. The Balaban J connectivity index is 1.63. The molecule has 1 aliphatic rings. The fraction of sp³-hybridized carbons (Fsp3) is 0.353. The van der Waals surface area contributed by atoms with Crippen LogP contribution in [0.2, 0.25) is 0 Å². The lowest BCUT2D eigenvalue weighted by atomic mass is 9.85. The van der Waals surface area contributed by atoms with Gasteiger partial charge in [-0.25, -0.2) is 15.2 Å². The second-order valence-electron chi connectivity index (χ2n) is 6.06. The molecule has 1 amide bonds. The van der Waals surface area contributed by atoms with Crippen LogP contribution in [0.5, 0.6) is 0 Å². The number of nitrogens with zero attached hydrogens (tertiary/aromatic N) is 2. The molecule has 2 heterocycles. The van der Waals surface area contributed by atoms with Crippen LogP contribution >= 0.6 is 11.3 Å². The number of aliphatic carboxylic acids is 1. The molecule has 25 heavy (non-hydrogen) atoms. The molecule has 0 radical (unpaired) electrons. The van der Waals surface area contributed by atoms with Gasteiger partial charge in [0.1, 0.15) is 0 Å². The van der Waals surface area contributed by atoms with E-state index in [1.807, 2.05) is 37.3 Å². The number of nitrogens with one attached hydrogen (secondary N) is 1. The number of hydrogen-bond donors (Lipinski definition) is 3. The van der Waals surface area contributed by atoms with Crippen molar-refractivity contribution in [2.75, 3.05) is 5.73 Å². The van der Waals surface area contributed by atoms with Crippen molar-refractivity contribution in [3.8, 4) is 0 Å². The minimum Gasteiger partial charge on any atom is -0.480 e. The summed E-state index contributed by atoms with van der Waals surface area (Å²) in [5.74, 6) is -1.72. The SMILES string of the molecule is CC(NN1C(=O)C(CCc2cnc(N)s2)C1C(=O)O)c1ccccc1. The maximum atomic E-state index is 12.4. The third-order valence-electron chi connectivity index (χ3n) is 4.37. The fourth-order valence-corrected chi connectivity index (χ4v) is 3.72. The highest BCUT2D eigenvalue weighted by Gasteiger charge is 2.51. The molecule has 8 heteroatoms. The highest BCUT2D eigenvalue weighted by atomic mass is 32.1. The van der Waals surface area contributed by atoms with E-state index in [4.69, 9.17) is 5.73 Å². The smallest absolute Gasteiger partial charge is 0.328 e. The Kier molecular flexibility index (Phi) is 5.00. The number of amides is 1. The predicted octanol–water partition coefficient (Wildman–Crippen LogP) is 1.84. The van der Waals surface area contributed by atoms with E-state index in [9.17, 15) is 14.7 Å². The first-order valence-electron chi connectivity index (χ1n) is 8.04. The van der Waals surface area contributed by atoms with E-state index in [0.717, 1.165) is 10.4 Å². The minimum atomic E-state index is -0.999. The predicted molar refractivity (Wildman–Crippen MR) is 94.6 cm³/mol. The summed E-state index contributed by atoms with van der Waals surface area (Å²) in [4.78, 5) is 29.0. The van der Waals surface area contributed by atoms with Gasteiger partial charge in [0.15, 0.2) is 11.2 Å². The molecular weight excluding hydrogens is 340 g/mol. The van der Waals surface area contributed by atoms with Crippen LogP contribution in [-0.4, -0.2) is 33.0 Å². The molecule has 4 N–H and O–H groups in total. The molecule has 3 atom stereocenters. The van der Waals surface area contributed by atoms with Gasteiger partial charge >= 0.3 is 5.97 Å². The molecule has 7 nitrogen and oxygen atoms in total. The molecule has 0 bridgehead atoms. The lowest BCUT2D eigenvalue weighted by molar-refractivity contribution is -0.178. The van der Waals surface area contributed by atoms with Gasteiger partial charge < -0.3 is 10.8 Å². The monoisotopic (exact) mass is 360 g/mol. The maximum Gasteiger partial charge on any atom is 0.328 e. The van der Waals surface area contributed by atoms with Gasteiger partial charge in [-0.3, -0.25) is 9.80 Å². The van der Waals surface area contributed by atoms with E-state index in [2.05, 4.69) is 10.4 Å². The van der Waals surface area contributed by atoms with Crippen LogP contribution in [0.25, 0.3) is 0 Å². The molecule has 2 aromatic rings. The van der Waals surface area contributed by atoms with E-state index in [1.165, 1.54) is 16.3 Å². The van der Waals surface area contributed by atoms with Gasteiger partial charge in [-0.05, 0) is 25.3 Å². The van der Waals surface area contributed by atoms with Crippen LogP contribution in [0, 0.1) is 5.92 Å². The van der Waals surface area contributed by atoms with Gasteiger partial charge in [-0.1, -0.05) is 30.3 Å². The van der Waals surface area contributed by atoms with Crippen LogP contribution in [0.4, 0.5) is 5.13 Å². The third-order valence-corrected chi connectivity index (χ3v) is 5.26. The number of nitrogens with two attached hydrogens (primary N) is 1. The van der Waals surface area contributed by atoms with Gasteiger partial charge in [0.05, 0.1) is 5.92 Å². The number of thiazole rings is 1. The van der Waals surface area contributed by atoms with Crippen molar-refractivity contribution in [1.29, 1.82) is 0 Å². The number of anilines is 1. The first-order valence-corrected chi connectivity index (χ1v) is 8.86. The molecule has 0 spiro atoms. The largest absolute Gasteiger partial charge is 0.480 e. The maximum absolute atomic E-state index is 12.4. The Morgan fingerprint density at radius 1 is 1.44 bits per heavy atom. The van der Waals surface area contributed by atoms with Crippen molar-refractivity contribution < 1.29 is 14.7 Å². The summed E-state index contributed by atoms with van der Waals surface area (Å²) in [5.41, 5.74) is 9.60. The Morgan fingerprint density at radius 2 is 2.16 bits per heavy atom. The summed E-state index contributed by atoms with van der Waals surface area (Å²) in [7, 11) is 0. The van der Waals surface area contributed by atoms with Crippen molar-refractivity contribution in [2.24, 2.45) is 5.92 Å². The van der Waals surface area contributed by atoms with Gasteiger partial charge in [-0.15, -0.1) is 11.3 Å². The molecule has 132 valence electrons. The number of carboxylic acids is 1. The summed E-state index contributed by atoms with van der Waals surface area (Å²) in [6.07, 6.45) is 2.73. The summed E-state index contributed by atoms with van der Waals surface area (Å²) in [6, 6.07) is 8.58. The van der Waals surface area contributed by atoms with Crippen molar-refractivity contribution in [1.82, 2.24) is 15.4 Å². The highest BCUT2D eigenvalue weighted by molar-refractivity contribution is 7.15. The summed E-state index contributed by atoms with van der Waals surface area (Å²) >= 11 is 1.36. The molecule has 1 fully saturated rings. The fourth-order valence-electron chi connectivity index (χ4n) is 3.02. The number of rotatable bonds is 7. The molecule has 3 unspecified atom stereocenters. The molecule has 0 saturated carbocycles. The van der Waals surface area contributed by atoms with Gasteiger partial charge in [-0.2, -0.15) is 0 Å². The van der Waals surface area contributed by atoms with E-state index in [0.29, 0.717) is 18.0 Å². The average molecular weight is 360 g/mol. The number of aromatic nitrogens is 1. The molecule has 1 aromatic carbocycles. The normalized spacial score (nSPS) is 21.0. The summed E-state index contributed by atoms with van der Waals surface area (Å²) < 4.78 is 0. The van der Waals surface area contributed by atoms with Crippen LogP contribution in [0.3, 0.4) is 0 Å². The zero-order valence-electron chi connectivity index (χ0n) is 13.8. The molecule has 1 aromatic heterocycles. The second kappa shape index (κ2) is 7.20. The lowest BCUT2D eigenvalue weighted by Gasteiger charge is -2.45. The van der Waals surface area contributed by atoms with Gasteiger partial charge in [0.2, 0.25) is 5.91 Å². The van der Waals surface area contributed by atoms with Crippen molar-refractivity contribution in [3.63, 3.8) is 0 Å². The number of β-lactam (4-membered cyclic amide) rings is 1. The number of carbonyl (C=O) groups excluding carboxylic acids is 1. The quantitative estimate of drug-likeness (QED) is 0.650. The Hall–Kier alpha value is -2.45. The highest BCUT2D eigenvalue weighted by Crippen LogP contribution is 2.31. The molecule has 1 saturated heterocycles. The van der Waals surface area contributed by atoms with Crippen molar-refractivity contribution in [3.05, 3.63) is 47.0 Å². The van der Waals surface area contributed by atoms with E-state index < -0.39 is 17.9 Å². The second-order valence-corrected chi connectivity index (χ2v) is 7.21. The standard InChI is InChI=1S/C17H20N4O3S/c1-10(11-5-3-2-4-6-11)20-21-14(16(23)24)13(15(21)22)8-7-12-9-19-17(18)25-12/h2-6,9-10,13-14,20H,7-8H2,1H3,(H2,18,19)(H,23,24). The number of aryl methyl sites for hydroxylation is 1. The van der Waals surface area contributed by atoms with Crippen LogP contribution < -0.4 is 11.2 Å². The van der Waals surface area contributed by atoms with Crippen LogP contribution in [0.15, 0.2) is 36.5 Å². The van der Waals surface area contributed by atoms with Crippen molar-refractivity contribution in [2.45, 2.75) is 31.8 Å². The first-order chi connectivity index (χ1) is 12.0. The van der Waals surface area contributed by atoms with E-state index in [-0.39, 0.29) is 11.9 Å². The number of carboxylic acid groups (broad SMARTS) is 1. The van der Waals surface area contributed by atoms with Crippen molar-refractivity contribution >= 4 is 28.3 Å². The minimum absolute atomic E-state index is 0.158. The summed E-state index contributed by atoms with van der Waals surface area (Å²) in [5, 5.41) is 11.2. The Labute approximate surface area is 149 Å². The third kappa shape index (κ3) is 3.64. The number of benzene rings is 1. The van der Waals surface area contributed by atoms with Gasteiger partial charge in [0, 0.05) is 17.1 Å². The Morgan fingerprint density at radius 3 is 2.76 bits per heavy atom. The van der Waals surface area contributed by atoms with Crippen LogP contribution in [-0.2, 0) is 16.0 Å². The van der Waals surface area contributed by atoms with Crippen LogP contribution in [0.1, 0.15) is 29.8 Å². The number of hydrogen-bond acceptors (Lipinski definition) is 6. The van der Waals surface area contributed by atoms with Gasteiger partial charge in [0.25, 0.3) is 0 Å². The van der Waals surface area contributed by atoms with E-state index in [1.54, 1.807) is 6.20 Å². The molecule has 1 aliphatic heterocycles. The zero-order chi connectivity index (χ0) is 18.0. The Bertz CT molecular complexity index is 764. The molecular formula is C17H20N4O3S. The first kappa shape index (κ1) is 17.4. The number of carbonyl (C=O) groups is 2. The van der Waals surface area contributed by atoms with E-state index >= 15 is 0 Å². The topological polar surface area (TPSA) is 109 Å². The summed E-state index contributed by atoms with van der Waals surface area (Å²) in [6.45, 7) is 1.90. The zero-order valence-corrected chi connectivity index (χ0v) is 14.6. The number of nitrogen functional groups attached to an aromatic ring is 1. The lowest BCUT2D eigenvalue weighted by Crippen LogP contribution is -2.69. The molecule has 3 rings (SSSR count). The average Bonchev–Trinajstić information content (AvgIpc) is 3.01. The number of hydrazine groups is 1.